The van der Waals surface area contributed by atoms with Crippen LogP contribution in [-0.2, 0) is 7.05 Å². The fourth-order valence-electron chi connectivity index (χ4n) is 6.93. The van der Waals surface area contributed by atoms with Crippen molar-refractivity contribution in [1.82, 2.24) is 0 Å². The number of furan rings is 1. The van der Waals surface area contributed by atoms with Crippen LogP contribution in [0.2, 0.25) is 0 Å². The molecule has 0 unspecified atom stereocenters. The van der Waals surface area contributed by atoms with Gasteiger partial charge < -0.3 is 4.42 Å². The minimum Gasteiger partial charge on any atom is -0.455 e. The molecule has 39 heavy (non-hydrogen) atoms. The molecule has 3 heteroatoms. The van der Waals surface area contributed by atoms with E-state index in [9.17, 15) is 5.26 Å². The predicted octanol–water partition coefficient (Wildman–Crippen LogP) is 8.85. The highest BCUT2D eigenvalue weighted by Gasteiger charge is 2.30. The summed E-state index contributed by atoms with van der Waals surface area (Å²) in [6.45, 7) is 2.14. The summed E-state index contributed by atoms with van der Waals surface area (Å²) in [5.41, 5.74) is 8.54. The van der Waals surface area contributed by atoms with Gasteiger partial charge in [0.2, 0.25) is 5.69 Å². The highest BCUT2D eigenvalue weighted by molar-refractivity contribution is 6.11. The second-order valence-corrected chi connectivity index (χ2v) is 11.1. The highest BCUT2D eigenvalue weighted by atomic mass is 16.3. The number of hydrogen-bond donors (Lipinski definition) is 0. The Morgan fingerprint density at radius 2 is 1.46 bits per heavy atom. The third-order valence-electron chi connectivity index (χ3n) is 8.89. The number of fused-ring (bicyclic) bond motifs is 4. The molecular formula is C36H31N2O+. The van der Waals surface area contributed by atoms with E-state index in [-0.39, 0.29) is 0 Å². The number of rotatable bonds is 3. The standard InChI is InChI=1S/C36H31N2O/c1-23-13-19-30-31-20-18-27(22-37)34(36(31)39-35(30)33(23)32-12-5-6-21-38(32)2)26-16-14-25(15-17-26)29-11-7-9-24-8-3-4-10-28(24)29/h3-13,18-21,25-26H,14-17H2,1-2H3/q+1. The molecule has 6 aromatic rings. The third kappa shape index (κ3) is 3.82. The average Bonchev–Trinajstić information content (AvgIpc) is 3.35. The Labute approximate surface area is 228 Å². The lowest BCUT2D eigenvalue weighted by Crippen LogP contribution is -2.30. The topological polar surface area (TPSA) is 40.8 Å². The zero-order valence-corrected chi connectivity index (χ0v) is 22.4. The molecule has 0 saturated heterocycles. The Balaban J connectivity index is 1.32. The van der Waals surface area contributed by atoms with Crippen molar-refractivity contribution in [2.45, 2.75) is 44.4 Å². The molecule has 1 fully saturated rings. The van der Waals surface area contributed by atoms with E-state index in [2.05, 4.69) is 104 Å². The van der Waals surface area contributed by atoms with Crippen LogP contribution in [0.3, 0.4) is 0 Å². The molecule has 1 aliphatic rings. The SMILES string of the molecule is Cc1ccc2c(oc3c(C4CCC(c5cccc6ccccc56)CC4)c(C#N)ccc32)c1-c1cccc[n+]1C. The third-order valence-corrected chi connectivity index (χ3v) is 8.89. The predicted molar refractivity (Wildman–Crippen MR) is 158 cm³/mol. The van der Waals surface area contributed by atoms with E-state index < -0.39 is 0 Å². The van der Waals surface area contributed by atoms with E-state index in [4.69, 9.17) is 4.42 Å². The van der Waals surface area contributed by atoms with Gasteiger partial charge in [0, 0.05) is 28.5 Å². The summed E-state index contributed by atoms with van der Waals surface area (Å²) in [4.78, 5) is 0. The summed E-state index contributed by atoms with van der Waals surface area (Å²) in [7, 11) is 2.07. The van der Waals surface area contributed by atoms with Crippen molar-refractivity contribution in [3.63, 3.8) is 0 Å². The second-order valence-electron chi connectivity index (χ2n) is 11.1. The van der Waals surface area contributed by atoms with Gasteiger partial charge in [-0.15, -0.1) is 0 Å². The van der Waals surface area contributed by atoms with Gasteiger partial charge in [-0.1, -0.05) is 54.6 Å². The molecule has 0 bridgehead atoms. The lowest BCUT2D eigenvalue weighted by molar-refractivity contribution is -0.660. The normalized spacial score (nSPS) is 17.6. The monoisotopic (exact) mass is 507 g/mol. The summed E-state index contributed by atoms with van der Waals surface area (Å²) in [6, 6.07) is 32.6. The first-order valence-electron chi connectivity index (χ1n) is 14.0. The minimum absolute atomic E-state index is 0.313. The molecule has 0 N–H and O–H groups in total. The van der Waals surface area contributed by atoms with Crippen molar-refractivity contribution < 1.29 is 8.98 Å². The first kappa shape index (κ1) is 23.7. The van der Waals surface area contributed by atoms with Crippen molar-refractivity contribution in [2.24, 2.45) is 7.05 Å². The van der Waals surface area contributed by atoms with Gasteiger partial charge in [0.05, 0.1) is 17.2 Å². The lowest BCUT2D eigenvalue weighted by atomic mass is 9.74. The smallest absolute Gasteiger partial charge is 0.216 e. The molecule has 7 rings (SSSR count). The van der Waals surface area contributed by atoms with Gasteiger partial charge in [-0.2, -0.15) is 5.26 Å². The first-order chi connectivity index (χ1) is 19.1. The van der Waals surface area contributed by atoms with E-state index in [0.717, 1.165) is 70.0 Å². The molecule has 3 nitrogen and oxygen atoms in total. The van der Waals surface area contributed by atoms with Crippen LogP contribution in [0.25, 0.3) is 44.0 Å². The molecule has 0 radical (unpaired) electrons. The number of aromatic nitrogens is 1. The average molecular weight is 508 g/mol. The van der Waals surface area contributed by atoms with Crippen molar-refractivity contribution in [3.05, 3.63) is 113 Å². The van der Waals surface area contributed by atoms with Gasteiger partial charge in [-0.25, -0.2) is 4.57 Å². The van der Waals surface area contributed by atoms with E-state index in [0.29, 0.717) is 11.8 Å². The van der Waals surface area contributed by atoms with Crippen LogP contribution in [0.15, 0.2) is 95.5 Å². The van der Waals surface area contributed by atoms with Crippen LogP contribution < -0.4 is 4.57 Å². The van der Waals surface area contributed by atoms with E-state index in [1.807, 2.05) is 12.1 Å². The zero-order chi connectivity index (χ0) is 26.5. The van der Waals surface area contributed by atoms with Gasteiger partial charge >= 0.3 is 0 Å². The van der Waals surface area contributed by atoms with Crippen LogP contribution in [0.4, 0.5) is 0 Å². The van der Waals surface area contributed by atoms with Crippen LogP contribution >= 0.6 is 0 Å². The molecule has 1 saturated carbocycles. The summed E-state index contributed by atoms with van der Waals surface area (Å²) < 4.78 is 8.95. The van der Waals surface area contributed by atoms with Gasteiger partial charge in [-0.05, 0) is 84.5 Å². The van der Waals surface area contributed by atoms with Crippen molar-refractivity contribution in [1.29, 1.82) is 5.26 Å². The summed E-state index contributed by atoms with van der Waals surface area (Å²) in [6.07, 6.45) is 6.41. The Morgan fingerprint density at radius 1 is 0.744 bits per heavy atom. The minimum atomic E-state index is 0.313. The molecule has 1 aliphatic carbocycles. The fourth-order valence-corrected chi connectivity index (χ4v) is 6.93. The van der Waals surface area contributed by atoms with Gasteiger partial charge in [0.25, 0.3) is 0 Å². The molecule has 2 aromatic heterocycles. The molecule has 4 aromatic carbocycles. The largest absolute Gasteiger partial charge is 0.455 e. The fraction of sp³-hybridized carbons (Fsp3) is 0.222. The van der Waals surface area contributed by atoms with Crippen molar-refractivity contribution in [3.8, 4) is 17.3 Å². The maximum Gasteiger partial charge on any atom is 0.216 e. The van der Waals surface area contributed by atoms with Gasteiger partial charge in [-0.3, -0.25) is 0 Å². The summed E-state index contributed by atoms with van der Waals surface area (Å²) in [5.74, 6) is 0.854. The Morgan fingerprint density at radius 3 is 2.28 bits per heavy atom. The Hall–Kier alpha value is -4.42. The summed E-state index contributed by atoms with van der Waals surface area (Å²) >= 11 is 0. The molecule has 0 amide bonds. The van der Waals surface area contributed by atoms with Crippen molar-refractivity contribution in [2.75, 3.05) is 0 Å². The lowest BCUT2D eigenvalue weighted by Gasteiger charge is -2.30. The van der Waals surface area contributed by atoms with Crippen LogP contribution in [0.5, 0.6) is 0 Å². The van der Waals surface area contributed by atoms with Gasteiger partial charge in [0.15, 0.2) is 6.20 Å². The maximum absolute atomic E-state index is 10.1. The number of hydrogen-bond acceptors (Lipinski definition) is 2. The Bertz CT molecular complexity index is 1910. The second kappa shape index (κ2) is 9.40. The molecule has 190 valence electrons. The highest BCUT2D eigenvalue weighted by Crippen LogP contribution is 2.47. The van der Waals surface area contributed by atoms with Crippen LogP contribution in [0.1, 0.15) is 59.8 Å². The van der Waals surface area contributed by atoms with E-state index in [1.54, 1.807) is 0 Å². The van der Waals surface area contributed by atoms with Gasteiger partial charge in [0.1, 0.15) is 18.2 Å². The quantitative estimate of drug-likeness (QED) is 0.225. The summed E-state index contributed by atoms with van der Waals surface area (Å²) in [5, 5.41) is 15.1. The van der Waals surface area contributed by atoms with Crippen molar-refractivity contribution >= 4 is 32.7 Å². The molecule has 0 aliphatic heterocycles. The molecule has 0 spiro atoms. The first-order valence-corrected chi connectivity index (χ1v) is 14.0. The number of nitrogens with zero attached hydrogens (tertiary/aromatic N) is 2. The van der Waals surface area contributed by atoms with Crippen LogP contribution in [0, 0.1) is 18.3 Å². The number of pyridine rings is 1. The number of aryl methyl sites for hydroxylation is 2. The van der Waals surface area contributed by atoms with E-state index in [1.165, 1.54) is 21.9 Å². The van der Waals surface area contributed by atoms with E-state index >= 15 is 0 Å². The molecule has 0 atom stereocenters. The molecule has 2 heterocycles. The zero-order valence-electron chi connectivity index (χ0n) is 22.4. The number of benzene rings is 4. The number of nitriles is 1. The molecular weight excluding hydrogens is 476 g/mol. The Kier molecular flexibility index (Phi) is 5.71. The van der Waals surface area contributed by atoms with Crippen LogP contribution in [-0.4, -0.2) is 0 Å². The maximum atomic E-state index is 10.1.